The summed E-state index contributed by atoms with van der Waals surface area (Å²) in [5, 5.41) is 9.12. The van der Waals surface area contributed by atoms with Gasteiger partial charge in [-0.05, 0) is 23.6 Å². The van der Waals surface area contributed by atoms with Crippen molar-refractivity contribution < 1.29 is 4.79 Å². The van der Waals surface area contributed by atoms with E-state index in [0.29, 0.717) is 12.8 Å². The van der Waals surface area contributed by atoms with Crippen molar-refractivity contribution >= 4 is 11.9 Å². The van der Waals surface area contributed by atoms with Crippen molar-refractivity contribution in [2.24, 2.45) is 0 Å². The molecule has 0 N–H and O–H groups in total. The van der Waals surface area contributed by atoms with Gasteiger partial charge in [-0.15, -0.1) is 0 Å². The van der Waals surface area contributed by atoms with Crippen LogP contribution >= 0.6 is 0 Å². The lowest BCUT2D eigenvalue weighted by atomic mass is 10.0. The molecule has 0 radical (unpaired) electrons. The van der Waals surface area contributed by atoms with Crippen LogP contribution in [0.3, 0.4) is 0 Å². The fourth-order valence-electron chi connectivity index (χ4n) is 1.93. The molecule has 2 aromatic carbocycles. The number of ketones is 1. The molecule has 0 amide bonds. The van der Waals surface area contributed by atoms with E-state index in [4.69, 9.17) is 5.26 Å². The van der Waals surface area contributed by atoms with Crippen LogP contribution in [0, 0.1) is 11.3 Å². The lowest BCUT2D eigenvalue weighted by molar-refractivity contribution is -0.115. The lowest BCUT2D eigenvalue weighted by Gasteiger charge is -2.01. The fraction of sp³-hybridized carbons (Fsp3) is 0.111. The van der Waals surface area contributed by atoms with Gasteiger partial charge in [0.15, 0.2) is 5.78 Å². The van der Waals surface area contributed by atoms with Crippen LogP contribution in [0.2, 0.25) is 0 Å². The molecule has 0 heterocycles. The van der Waals surface area contributed by atoms with Crippen LogP contribution in [0.25, 0.3) is 6.08 Å². The van der Waals surface area contributed by atoms with Crippen LogP contribution in [0.4, 0.5) is 0 Å². The van der Waals surface area contributed by atoms with E-state index < -0.39 is 0 Å². The van der Waals surface area contributed by atoms with Crippen molar-refractivity contribution in [3.63, 3.8) is 0 Å². The average Bonchev–Trinajstić information content (AvgIpc) is 2.52. The van der Waals surface area contributed by atoms with Crippen LogP contribution in [0.5, 0.6) is 0 Å². The Balaban J connectivity index is 2.03. The minimum Gasteiger partial charge on any atom is -0.293 e. The van der Waals surface area contributed by atoms with E-state index in [2.05, 4.69) is 0 Å². The Hall–Kier alpha value is -2.66. The zero-order chi connectivity index (χ0) is 14.2. The molecule has 0 aliphatic heterocycles. The number of nitrogens with zero attached hydrogens (tertiary/aromatic N) is 1. The number of hydrogen-bond donors (Lipinski definition) is 0. The number of carbonyl (C=O) groups is 1. The molecule has 0 fully saturated rings. The Morgan fingerprint density at radius 2 is 1.60 bits per heavy atom. The number of nitriles is 1. The molecular formula is C18H15NO. The predicted octanol–water partition coefficient (Wildman–Crippen LogP) is 3.80. The SMILES string of the molecule is N#C/C(=C\c1ccccc1)C(=O)CCc1ccccc1. The van der Waals surface area contributed by atoms with E-state index in [9.17, 15) is 4.79 Å². The summed E-state index contributed by atoms with van der Waals surface area (Å²) < 4.78 is 0. The standard InChI is InChI=1S/C18H15NO/c19-14-17(13-16-9-5-2-6-10-16)18(20)12-11-15-7-3-1-4-8-15/h1-10,13H,11-12H2/b17-13+. The summed E-state index contributed by atoms with van der Waals surface area (Å²) in [5.74, 6) is -0.111. The highest BCUT2D eigenvalue weighted by atomic mass is 16.1. The molecule has 2 aromatic rings. The number of hydrogen-bond acceptors (Lipinski definition) is 2. The Kier molecular flexibility index (Phi) is 4.86. The van der Waals surface area contributed by atoms with E-state index in [1.807, 2.05) is 66.7 Å². The van der Waals surface area contributed by atoms with Gasteiger partial charge in [-0.1, -0.05) is 60.7 Å². The molecular weight excluding hydrogens is 246 g/mol. The van der Waals surface area contributed by atoms with Gasteiger partial charge < -0.3 is 0 Å². The topological polar surface area (TPSA) is 40.9 Å². The van der Waals surface area contributed by atoms with E-state index in [0.717, 1.165) is 11.1 Å². The number of aryl methyl sites for hydroxylation is 1. The van der Waals surface area contributed by atoms with Gasteiger partial charge in [-0.2, -0.15) is 5.26 Å². The second-order valence-corrected chi connectivity index (χ2v) is 4.49. The smallest absolute Gasteiger partial charge is 0.173 e. The third kappa shape index (κ3) is 3.93. The molecule has 0 unspecified atom stereocenters. The number of benzene rings is 2. The molecule has 20 heavy (non-hydrogen) atoms. The summed E-state index contributed by atoms with van der Waals surface area (Å²) in [7, 11) is 0. The molecule has 0 aliphatic carbocycles. The molecule has 0 aliphatic rings. The normalized spacial score (nSPS) is 10.8. The highest BCUT2D eigenvalue weighted by Gasteiger charge is 2.09. The maximum atomic E-state index is 12.1. The summed E-state index contributed by atoms with van der Waals surface area (Å²) in [5.41, 5.74) is 2.20. The fourth-order valence-corrected chi connectivity index (χ4v) is 1.93. The average molecular weight is 261 g/mol. The minimum absolute atomic E-state index is 0.111. The first-order valence-corrected chi connectivity index (χ1v) is 6.53. The van der Waals surface area contributed by atoms with Gasteiger partial charge in [0, 0.05) is 6.42 Å². The van der Waals surface area contributed by atoms with Crippen molar-refractivity contribution in [1.29, 1.82) is 5.26 Å². The quantitative estimate of drug-likeness (QED) is 0.607. The molecule has 0 saturated carbocycles. The van der Waals surface area contributed by atoms with Gasteiger partial charge in [-0.25, -0.2) is 0 Å². The lowest BCUT2D eigenvalue weighted by Crippen LogP contribution is -2.02. The van der Waals surface area contributed by atoms with Gasteiger partial charge in [0.1, 0.15) is 6.07 Å². The Morgan fingerprint density at radius 1 is 1.00 bits per heavy atom. The second-order valence-electron chi connectivity index (χ2n) is 4.49. The van der Waals surface area contributed by atoms with Gasteiger partial charge in [0.2, 0.25) is 0 Å². The first kappa shape index (κ1) is 13.8. The van der Waals surface area contributed by atoms with Crippen LogP contribution in [-0.2, 0) is 11.2 Å². The molecule has 2 rings (SSSR count). The Bertz CT molecular complexity index is 636. The third-order valence-electron chi connectivity index (χ3n) is 3.01. The molecule has 0 saturated heterocycles. The summed E-state index contributed by atoms with van der Waals surface area (Å²) in [4.78, 5) is 12.1. The van der Waals surface area contributed by atoms with Gasteiger partial charge in [0.25, 0.3) is 0 Å². The molecule has 0 spiro atoms. The maximum Gasteiger partial charge on any atom is 0.173 e. The van der Waals surface area contributed by atoms with Gasteiger partial charge in [0.05, 0.1) is 5.57 Å². The molecule has 98 valence electrons. The summed E-state index contributed by atoms with van der Waals surface area (Å²) in [6.45, 7) is 0. The summed E-state index contributed by atoms with van der Waals surface area (Å²) in [6, 6.07) is 21.2. The second kappa shape index (κ2) is 7.06. The first-order chi connectivity index (χ1) is 9.79. The van der Waals surface area contributed by atoms with E-state index in [1.165, 1.54) is 0 Å². The molecule has 0 atom stereocenters. The Morgan fingerprint density at radius 3 is 2.20 bits per heavy atom. The van der Waals surface area contributed by atoms with Crippen molar-refractivity contribution in [1.82, 2.24) is 0 Å². The first-order valence-electron chi connectivity index (χ1n) is 6.53. The van der Waals surface area contributed by atoms with E-state index in [-0.39, 0.29) is 11.4 Å². The highest BCUT2D eigenvalue weighted by Crippen LogP contribution is 2.11. The van der Waals surface area contributed by atoms with Crippen molar-refractivity contribution in [2.75, 3.05) is 0 Å². The van der Waals surface area contributed by atoms with E-state index in [1.54, 1.807) is 6.08 Å². The number of carbonyl (C=O) groups excluding carboxylic acids is 1. The number of rotatable bonds is 5. The largest absolute Gasteiger partial charge is 0.293 e. The monoisotopic (exact) mass is 261 g/mol. The van der Waals surface area contributed by atoms with Crippen LogP contribution in [0.1, 0.15) is 17.5 Å². The Labute approximate surface area is 119 Å². The van der Waals surface area contributed by atoms with Gasteiger partial charge >= 0.3 is 0 Å². The highest BCUT2D eigenvalue weighted by molar-refractivity contribution is 6.03. The zero-order valence-corrected chi connectivity index (χ0v) is 11.1. The van der Waals surface area contributed by atoms with Crippen LogP contribution < -0.4 is 0 Å². The molecule has 2 heteroatoms. The third-order valence-corrected chi connectivity index (χ3v) is 3.01. The van der Waals surface area contributed by atoms with Crippen molar-refractivity contribution in [3.8, 4) is 6.07 Å². The van der Waals surface area contributed by atoms with Crippen LogP contribution in [-0.4, -0.2) is 5.78 Å². The molecule has 2 nitrogen and oxygen atoms in total. The zero-order valence-electron chi connectivity index (χ0n) is 11.1. The molecule has 0 bridgehead atoms. The summed E-state index contributed by atoms with van der Waals surface area (Å²) >= 11 is 0. The maximum absolute atomic E-state index is 12.1. The summed E-state index contributed by atoms with van der Waals surface area (Å²) in [6.07, 6.45) is 2.66. The molecule has 0 aromatic heterocycles. The minimum atomic E-state index is -0.111. The predicted molar refractivity (Wildman–Crippen MR) is 79.8 cm³/mol. The van der Waals surface area contributed by atoms with Crippen molar-refractivity contribution in [2.45, 2.75) is 12.8 Å². The van der Waals surface area contributed by atoms with Crippen LogP contribution in [0.15, 0.2) is 66.2 Å². The van der Waals surface area contributed by atoms with Crippen molar-refractivity contribution in [3.05, 3.63) is 77.4 Å². The van der Waals surface area contributed by atoms with Gasteiger partial charge in [-0.3, -0.25) is 4.79 Å². The van der Waals surface area contributed by atoms with E-state index >= 15 is 0 Å². The number of Topliss-reactive ketones (excluding diaryl/α,β-unsaturated/α-hetero) is 1. The number of allylic oxidation sites excluding steroid dienone is 1.